The maximum Gasteiger partial charge on any atom is 0.291 e. The van der Waals surface area contributed by atoms with E-state index in [-0.39, 0.29) is 5.91 Å². The fraction of sp³-hybridized carbons (Fsp3) is 0.524. The summed E-state index contributed by atoms with van der Waals surface area (Å²) in [7, 11) is 0. The number of oxazole rings is 1. The lowest BCUT2D eigenvalue weighted by atomic mass is 9.83. The minimum atomic E-state index is 0.0208. The predicted molar refractivity (Wildman–Crippen MR) is 100.0 cm³/mol. The molecule has 138 valence electrons. The van der Waals surface area contributed by atoms with Crippen molar-refractivity contribution in [2.24, 2.45) is 5.92 Å². The van der Waals surface area contributed by atoms with Crippen LogP contribution in [0.3, 0.4) is 0 Å². The summed E-state index contributed by atoms with van der Waals surface area (Å²) in [5.74, 6) is 1.00. The summed E-state index contributed by atoms with van der Waals surface area (Å²) in [6.07, 6.45) is 5.81. The Morgan fingerprint density at radius 1 is 1.23 bits per heavy atom. The quantitative estimate of drug-likeness (QED) is 0.847. The molecular weight excluding hydrogens is 326 g/mol. The molecule has 2 aromatic rings. The molecule has 0 saturated carbocycles. The zero-order chi connectivity index (χ0) is 17.9. The van der Waals surface area contributed by atoms with E-state index in [0.29, 0.717) is 23.4 Å². The second kappa shape index (κ2) is 7.62. The molecule has 2 atom stereocenters. The third kappa shape index (κ3) is 3.54. The van der Waals surface area contributed by atoms with Gasteiger partial charge in [0.15, 0.2) is 6.39 Å². The molecule has 2 aliphatic heterocycles. The summed E-state index contributed by atoms with van der Waals surface area (Å²) in [6.45, 7) is 5.93. The first kappa shape index (κ1) is 17.3. The number of fused-ring (bicyclic) bond motifs is 1. The van der Waals surface area contributed by atoms with Gasteiger partial charge in [0.25, 0.3) is 5.91 Å². The van der Waals surface area contributed by atoms with Crippen molar-refractivity contribution in [3.8, 4) is 0 Å². The average Bonchev–Trinajstić information content (AvgIpc) is 3.12. The van der Waals surface area contributed by atoms with Gasteiger partial charge in [0.05, 0.1) is 5.69 Å². The van der Waals surface area contributed by atoms with Crippen LogP contribution < -0.4 is 0 Å². The minimum absolute atomic E-state index is 0.0208. The van der Waals surface area contributed by atoms with Gasteiger partial charge < -0.3 is 14.2 Å². The van der Waals surface area contributed by atoms with E-state index in [9.17, 15) is 4.79 Å². The van der Waals surface area contributed by atoms with Gasteiger partial charge in [-0.15, -0.1) is 0 Å². The zero-order valence-electron chi connectivity index (χ0n) is 15.4. The van der Waals surface area contributed by atoms with Crippen molar-refractivity contribution >= 4 is 5.91 Å². The van der Waals surface area contributed by atoms with E-state index in [4.69, 9.17) is 4.42 Å². The van der Waals surface area contributed by atoms with Crippen LogP contribution in [0.2, 0.25) is 0 Å². The Hall–Kier alpha value is -2.14. The normalized spacial score (nSPS) is 23.7. The lowest BCUT2D eigenvalue weighted by molar-refractivity contribution is 0.0183. The first-order chi connectivity index (χ1) is 12.7. The number of amides is 1. The van der Waals surface area contributed by atoms with E-state index in [0.717, 1.165) is 45.4 Å². The third-order valence-electron chi connectivity index (χ3n) is 5.91. The Kier molecular flexibility index (Phi) is 5.07. The Morgan fingerprint density at radius 3 is 2.85 bits per heavy atom. The van der Waals surface area contributed by atoms with Gasteiger partial charge >= 0.3 is 0 Å². The Labute approximate surface area is 155 Å². The van der Waals surface area contributed by atoms with E-state index < -0.39 is 0 Å². The second-order valence-electron chi connectivity index (χ2n) is 7.56. The van der Waals surface area contributed by atoms with Crippen LogP contribution in [0.15, 0.2) is 41.1 Å². The van der Waals surface area contributed by atoms with Crippen molar-refractivity contribution in [2.75, 3.05) is 26.2 Å². The van der Waals surface area contributed by atoms with Crippen LogP contribution in [0.25, 0.3) is 0 Å². The molecule has 2 fully saturated rings. The van der Waals surface area contributed by atoms with Crippen LogP contribution in [0.5, 0.6) is 0 Å². The number of carbonyl (C=O) groups excluding carboxylic acids is 1. The van der Waals surface area contributed by atoms with Crippen LogP contribution >= 0.6 is 0 Å². The Bertz CT molecular complexity index is 743. The molecule has 1 aromatic heterocycles. The molecular formula is C21H27N3O2. The van der Waals surface area contributed by atoms with Crippen molar-refractivity contribution in [3.05, 3.63) is 53.7 Å². The summed E-state index contributed by atoms with van der Waals surface area (Å²) >= 11 is 0. The molecule has 1 aromatic carbocycles. The fourth-order valence-electron chi connectivity index (χ4n) is 4.50. The van der Waals surface area contributed by atoms with Crippen molar-refractivity contribution < 1.29 is 9.21 Å². The van der Waals surface area contributed by atoms with E-state index in [1.165, 1.54) is 18.4 Å². The van der Waals surface area contributed by atoms with Gasteiger partial charge in [0, 0.05) is 32.2 Å². The molecule has 4 rings (SSSR count). The molecule has 0 N–H and O–H groups in total. The third-order valence-corrected chi connectivity index (χ3v) is 5.91. The maximum absolute atomic E-state index is 12.9. The van der Waals surface area contributed by atoms with Gasteiger partial charge in [-0.1, -0.05) is 30.3 Å². The molecule has 5 nitrogen and oxygen atoms in total. The molecule has 0 radical (unpaired) electrons. The highest BCUT2D eigenvalue weighted by atomic mass is 16.3. The van der Waals surface area contributed by atoms with Gasteiger partial charge in [-0.2, -0.15) is 0 Å². The number of nitrogens with zero attached hydrogens (tertiary/aromatic N) is 3. The van der Waals surface area contributed by atoms with E-state index in [1.807, 2.05) is 6.92 Å². The topological polar surface area (TPSA) is 49.6 Å². The number of rotatable bonds is 4. The Balaban J connectivity index is 1.38. The highest BCUT2D eigenvalue weighted by Crippen LogP contribution is 2.32. The molecule has 2 saturated heterocycles. The number of piperidine rings is 2. The standard InChI is InChI=1S/C21H27N3O2/c1-16-20(26-15-22-16)21(25)24-11-5-8-18-14-23(13-10-19(18)24)12-9-17-6-3-2-4-7-17/h2-4,6-7,15,18-19H,5,8-14H2,1H3/t18-,19+/m1/s1. The van der Waals surface area contributed by atoms with Crippen LogP contribution in [0, 0.1) is 12.8 Å². The summed E-state index contributed by atoms with van der Waals surface area (Å²) < 4.78 is 5.35. The van der Waals surface area contributed by atoms with Crippen LogP contribution in [0.1, 0.15) is 41.1 Å². The molecule has 0 aliphatic carbocycles. The second-order valence-corrected chi connectivity index (χ2v) is 7.56. The van der Waals surface area contributed by atoms with Gasteiger partial charge in [0.2, 0.25) is 5.76 Å². The first-order valence-electron chi connectivity index (χ1n) is 9.69. The van der Waals surface area contributed by atoms with Gasteiger partial charge in [-0.25, -0.2) is 4.98 Å². The van der Waals surface area contributed by atoms with Gasteiger partial charge in [-0.3, -0.25) is 4.79 Å². The molecule has 0 unspecified atom stereocenters. The van der Waals surface area contributed by atoms with Crippen LogP contribution in [-0.4, -0.2) is 52.9 Å². The monoisotopic (exact) mass is 353 g/mol. The fourth-order valence-corrected chi connectivity index (χ4v) is 4.50. The lowest BCUT2D eigenvalue weighted by Crippen LogP contribution is -2.56. The van der Waals surface area contributed by atoms with Crippen LogP contribution in [-0.2, 0) is 6.42 Å². The number of benzene rings is 1. The number of hydrogen-bond donors (Lipinski definition) is 0. The van der Waals surface area contributed by atoms with Crippen molar-refractivity contribution in [1.82, 2.24) is 14.8 Å². The molecule has 3 heterocycles. The van der Waals surface area contributed by atoms with E-state index in [2.05, 4.69) is 45.1 Å². The summed E-state index contributed by atoms with van der Waals surface area (Å²) in [6, 6.07) is 11.0. The maximum atomic E-state index is 12.9. The number of carbonyl (C=O) groups is 1. The highest BCUT2D eigenvalue weighted by molar-refractivity contribution is 5.92. The number of likely N-dealkylation sites (tertiary alicyclic amines) is 2. The average molecular weight is 353 g/mol. The number of aromatic nitrogens is 1. The Morgan fingerprint density at radius 2 is 2.08 bits per heavy atom. The van der Waals surface area contributed by atoms with Gasteiger partial charge in [0.1, 0.15) is 0 Å². The smallest absolute Gasteiger partial charge is 0.291 e. The van der Waals surface area contributed by atoms with Crippen molar-refractivity contribution in [2.45, 2.75) is 38.6 Å². The van der Waals surface area contributed by atoms with E-state index in [1.54, 1.807) is 0 Å². The largest absolute Gasteiger partial charge is 0.438 e. The minimum Gasteiger partial charge on any atom is -0.438 e. The number of aryl methyl sites for hydroxylation is 1. The van der Waals surface area contributed by atoms with Crippen molar-refractivity contribution in [3.63, 3.8) is 0 Å². The molecule has 0 spiro atoms. The van der Waals surface area contributed by atoms with Gasteiger partial charge in [-0.05, 0) is 44.1 Å². The summed E-state index contributed by atoms with van der Waals surface area (Å²) in [5, 5.41) is 0. The molecule has 5 heteroatoms. The zero-order valence-corrected chi connectivity index (χ0v) is 15.4. The van der Waals surface area contributed by atoms with Crippen molar-refractivity contribution in [1.29, 1.82) is 0 Å². The highest BCUT2D eigenvalue weighted by Gasteiger charge is 2.39. The summed E-state index contributed by atoms with van der Waals surface area (Å²) in [5.41, 5.74) is 2.09. The number of hydrogen-bond acceptors (Lipinski definition) is 4. The molecule has 0 bridgehead atoms. The summed E-state index contributed by atoms with van der Waals surface area (Å²) in [4.78, 5) is 21.6. The molecule has 1 amide bonds. The SMILES string of the molecule is Cc1ncoc1C(=O)N1CCC[C@@H]2CN(CCc3ccccc3)CC[C@@H]21. The molecule has 26 heavy (non-hydrogen) atoms. The predicted octanol–water partition coefficient (Wildman–Crippen LogP) is 3.15. The first-order valence-corrected chi connectivity index (χ1v) is 9.69. The van der Waals surface area contributed by atoms with E-state index >= 15 is 0 Å². The lowest BCUT2D eigenvalue weighted by Gasteiger charge is -2.47. The van der Waals surface area contributed by atoms with Crippen LogP contribution in [0.4, 0.5) is 0 Å². The molecule has 2 aliphatic rings.